The highest BCUT2D eigenvalue weighted by Gasteiger charge is 2.22. The molecule has 5 aromatic rings. The minimum Gasteiger partial charge on any atom is -0.496 e. The predicted octanol–water partition coefficient (Wildman–Crippen LogP) is 7.66. The van der Waals surface area contributed by atoms with Crippen LogP contribution in [-0.4, -0.2) is 54.2 Å². The van der Waals surface area contributed by atoms with Gasteiger partial charge in [-0.3, -0.25) is 24.5 Å². The quantitative estimate of drug-likeness (QED) is 0.0417. The lowest BCUT2D eigenvalue weighted by atomic mass is 10.1. The Kier molecular flexibility index (Phi) is 12.8. The minimum absolute atomic E-state index is 0.0516. The van der Waals surface area contributed by atoms with Gasteiger partial charge in [0, 0.05) is 50.9 Å². The zero-order chi connectivity index (χ0) is 37.9. The van der Waals surface area contributed by atoms with Crippen LogP contribution in [0.3, 0.4) is 0 Å². The fourth-order valence-corrected chi connectivity index (χ4v) is 6.76. The molecule has 272 valence electrons. The number of carbonyl (C=O) groups excluding carboxylic acids is 3. The Morgan fingerprint density at radius 2 is 1.60 bits per heavy atom. The molecule has 0 radical (unpaired) electrons. The van der Waals surface area contributed by atoms with Crippen LogP contribution in [0.4, 0.5) is 16.5 Å². The number of ether oxygens (including phenoxy) is 3. The van der Waals surface area contributed by atoms with Crippen LogP contribution in [0, 0.1) is 10.1 Å². The number of nitrogens with zero attached hydrogens (tertiary/aromatic N) is 2. The summed E-state index contributed by atoms with van der Waals surface area (Å²) in [6.45, 7) is 1.88. The van der Waals surface area contributed by atoms with Gasteiger partial charge in [-0.1, -0.05) is 43.3 Å². The van der Waals surface area contributed by atoms with Crippen molar-refractivity contribution >= 4 is 63.4 Å². The zero-order valence-electron chi connectivity index (χ0n) is 29.1. The van der Waals surface area contributed by atoms with Gasteiger partial charge in [-0.05, 0) is 48.9 Å². The van der Waals surface area contributed by atoms with Crippen LogP contribution in [0.1, 0.15) is 29.3 Å². The predicted molar refractivity (Wildman–Crippen MR) is 206 cm³/mol. The molecule has 53 heavy (non-hydrogen) atoms. The summed E-state index contributed by atoms with van der Waals surface area (Å²) < 4.78 is 16.4. The van der Waals surface area contributed by atoms with Crippen LogP contribution in [0.2, 0.25) is 0 Å². The molecule has 3 N–H and O–H groups in total. The lowest BCUT2D eigenvalue weighted by molar-refractivity contribution is -0.384. The van der Waals surface area contributed by atoms with Crippen LogP contribution in [-0.2, 0) is 9.59 Å². The Labute approximate surface area is 313 Å². The normalized spacial score (nSPS) is 11.6. The topological polar surface area (TPSA) is 171 Å². The number of anilines is 2. The minimum atomic E-state index is -0.610. The fraction of sp³-hybridized carbons (Fsp3) is 0.158. The van der Waals surface area contributed by atoms with Crippen LogP contribution in [0.5, 0.6) is 17.2 Å². The zero-order valence-corrected chi connectivity index (χ0v) is 30.7. The maximum Gasteiger partial charge on any atom is 0.272 e. The number of hydrogen-bond donors (Lipinski definition) is 3. The third kappa shape index (κ3) is 9.78. The van der Waals surface area contributed by atoms with Gasteiger partial charge in [0.05, 0.1) is 37.2 Å². The van der Waals surface area contributed by atoms with E-state index in [4.69, 9.17) is 14.2 Å². The summed E-state index contributed by atoms with van der Waals surface area (Å²) in [4.78, 5) is 56.2. The average molecular weight is 754 g/mol. The molecular weight excluding hydrogens is 719 g/mol. The van der Waals surface area contributed by atoms with Gasteiger partial charge in [-0.25, -0.2) is 4.98 Å². The molecule has 0 fully saturated rings. The van der Waals surface area contributed by atoms with Crippen LogP contribution < -0.4 is 30.2 Å². The lowest BCUT2D eigenvalue weighted by Crippen LogP contribution is -2.30. The molecule has 3 amide bonds. The Morgan fingerprint density at radius 1 is 0.887 bits per heavy atom. The van der Waals surface area contributed by atoms with Gasteiger partial charge in [-0.15, -0.1) is 23.1 Å². The van der Waals surface area contributed by atoms with Crippen LogP contribution in [0.25, 0.3) is 17.3 Å². The van der Waals surface area contributed by atoms with E-state index >= 15 is 0 Å². The Morgan fingerprint density at radius 3 is 2.30 bits per heavy atom. The maximum atomic E-state index is 13.8. The number of nitro benzene ring substituents is 1. The number of non-ortho nitro benzene ring substituents is 1. The van der Waals surface area contributed by atoms with Gasteiger partial charge in [0.15, 0.2) is 16.6 Å². The summed E-state index contributed by atoms with van der Waals surface area (Å²) in [5, 5.41) is 21.2. The fourth-order valence-electron chi connectivity index (χ4n) is 5.02. The number of benzene rings is 4. The van der Waals surface area contributed by atoms with Crippen molar-refractivity contribution in [3.8, 4) is 28.5 Å². The first-order valence-corrected chi connectivity index (χ1v) is 17.9. The molecule has 1 unspecified atom stereocenters. The Balaban J connectivity index is 1.33. The van der Waals surface area contributed by atoms with Crippen molar-refractivity contribution in [2.45, 2.75) is 23.5 Å². The number of carbonyl (C=O) groups is 3. The monoisotopic (exact) mass is 753 g/mol. The highest BCUT2D eigenvalue weighted by Crippen LogP contribution is 2.36. The van der Waals surface area contributed by atoms with E-state index in [1.54, 1.807) is 78.2 Å². The summed E-state index contributed by atoms with van der Waals surface area (Å²) in [5.74, 6) is -0.185. The number of rotatable bonds is 15. The number of hydrogen-bond acceptors (Lipinski definition) is 11. The Bertz CT molecular complexity index is 2160. The molecule has 0 aliphatic carbocycles. The molecule has 4 aromatic carbocycles. The number of thiazole rings is 1. The van der Waals surface area contributed by atoms with Crippen molar-refractivity contribution in [3.63, 3.8) is 0 Å². The van der Waals surface area contributed by atoms with E-state index in [2.05, 4.69) is 20.9 Å². The molecule has 0 saturated heterocycles. The van der Waals surface area contributed by atoms with E-state index in [1.165, 1.54) is 62.6 Å². The third-order valence-electron chi connectivity index (χ3n) is 7.69. The number of methoxy groups -OCH3 is 3. The van der Waals surface area contributed by atoms with Crippen molar-refractivity contribution in [3.05, 3.63) is 123 Å². The molecule has 0 bridgehead atoms. The molecule has 0 aliphatic heterocycles. The van der Waals surface area contributed by atoms with E-state index in [0.29, 0.717) is 61.8 Å². The summed E-state index contributed by atoms with van der Waals surface area (Å²) in [6.07, 6.45) is 1.97. The van der Waals surface area contributed by atoms with Crippen molar-refractivity contribution in [1.82, 2.24) is 10.3 Å². The van der Waals surface area contributed by atoms with E-state index in [0.717, 1.165) is 0 Å². The molecule has 1 aromatic heterocycles. The molecular formula is C38H35N5O8S2. The summed E-state index contributed by atoms with van der Waals surface area (Å²) >= 11 is 2.53. The number of nitro groups is 1. The summed E-state index contributed by atoms with van der Waals surface area (Å²) in [6, 6.07) is 24.9. The average Bonchev–Trinajstić information content (AvgIpc) is 3.65. The smallest absolute Gasteiger partial charge is 0.272 e. The van der Waals surface area contributed by atoms with Crippen molar-refractivity contribution in [2.24, 2.45) is 0 Å². The first-order chi connectivity index (χ1) is 25.6. The molecule has 5 rings (SSSR count). The van der Waals surface area contributed by atoms with Gasteiger partial charge < -0.3 is 30.2 Å². The molecule has 0 spiro atoms. The van der Waals surface area contributed by atoms with Gasteiger partial charge in [0.25, 0.3) is 17.5 Å². The summed E-state index contributed by atoms with van der Waals surface area (Å²) in [7, 11) is 4.45. The van der Waals surface area contributed by atoms with Crippen molar-refractivity contribution in [2.75, 3.05) is 32.0 Å². The standard InChI is InChI=1S/C38H35N5O8S2/c1-5-34(37(46)42-38-41-30(22-52-38)24-13-9-15-27(17-24)43(47)48)53-28-16-10-14-26(20-28)39-36(45)29(40-35(44)23-11-7-6-8-12-23)18-25-19-32(50-3)33(51-4)21-31(25)49-2/h6-22,34H,5H2,1-4H3,(H,39,45)(H,40,44)(H,41,42,46)/b29-18+. The van der Waals surface area contributed by atoms with Crippen molar-refractivity contribution < 1.29 is 33.5 Å². The van der Waals surface area contributed by atoms with Gasteiger partial charge in [0.2, 0.25) is 5.91 Å². The maximum absolute atomic E-state index is 13.8. The second-order valence-corrected chi connectivity index (χ2v) is 13.3. The van der Waals surface area contributed by atoms with E-state index in [-0.39, 0.29) is 17.3 Å². The van der Waals surface area contributed by atoms with Gasteiger partial charge in [0.1, 0.15) is 11.4 Å². The van der Waals surface area contributed by atoms with E-state index in [1.807, 2.05) is 13.0 Å². The molecule has 0 aliphatic rings. The number of thioether (sulfide) groups is 1. The SMILES string of the molecule is CCC(Sc1cccc(NC(=O)/C(=C\c2cc(OC)c(OC)cc2OC)NC(=O)c2ccccc2)c1)C(=O)Nc1nc(-c2cccc([N+](=O)[O-])c2)cs1. The van der Waals surface area contributed by atoms with E-state index < -0.39 is 22.0 Å². The molecule has 1 atom stereocenters. The summed E-state index contributed by atoms with van der Waals surface area (Å²) in [5.41, 5.74) is 2.18. The number of aromatic nitrogens is 1. The number of amides is 3. The Hall–Kier alpha value is -6.19. The third-order valence-corrected chi connectivity index (χ3v) is 9.80. The lowest BCUT2D eigenvalue weighted by Gasteiger charge is -2.16. The first-order valence-electron chi connectivity index (χ1n) is 16.1. The van der Waals surface area contributed by atoms with Crippen LogP contribution >= 0.6 is 23.1 Å². The first kappa shape index (κ1) is 38.1. The van der Waals surface area contributed by atoms with Crippen molar-refractivity contribution in [1.29, 1.82) is 0 Å². The highest BCUT2D eigenvalue weighted by molar-refractivity contribution is 8.00. The highest BCUT2D eigenvalue weighted by atomic mass is 32.2. The second-order valence-electron chi connectivity index (χ2n) is 11.2. The molecule has 13 nitrogen and oxygen atoms in total. The molecule has 15 heteroatoms. The largest absolute Gasteiger partial charge is 0.496 e. The van der Waals surface area contributed by atoms with Crippen LogP contribution in [0.15, 0.2) is 107 Å². The van der Waals surface area contributed by atoms with E-state index in [9.17, 15) is 24.5 Å². The van der Waals surface area contributed by atoms with Gasteiger partial charge >= 0.3 is 0 Å². The van der Waals surface area contributed by atoms with Gasteiger partial charge in [-0.2, -0.15) is 0 Å². The molecule has 1 heterocycles. The number of nitrogens with one attached hydrogen (secondary N) is 3. The molecule has 0 saturated carbocycles. The second kappa shape index (κ2) is 17.8.